The molecule has 1 aliphatic heterocycles. The van der Waals surface area contributed by atoms with Gasteiger partial charge in [-0.2, -0.15) is 0 Å². The van der Waals surface area contributed by atoms with Gasteiger partial charge in [0.15, 0.2) is 0 Å². The molecule has 0 fully saturated rings. The minimum atomic E-state index is 1.10. The van der Waals surface area contributed by atoms with E-state index in [4.69, 9.17) is 0 Å². The first-order valence-electron chi connectivity index (χ1n) is 5.15. The van der Waals surface area contributed by atoms with Gasteiger partial charge in [-0.1, -0.05) is 29.8 Å². The molecule has 1 heterocycles. The zero-order chi connectivity index (χ0) is 9.80. The second-order valence-electron chi connectivity index (χ2n) is 3.70. The summed E-state index contributed by atoms with van der Waals surface area (Å²) in [5, 5.41) is 2.40. The lowest BCUT2D eigenvalue weighted by Crippen LogP contribution is -2.25. The average molecular weight is 185 g/mol. The van der Waals surface area contributed by atoms with Crippen LogP contribution in [0.4, 0.5) is 0 Å². The predicted molar refractivity (Wildman–Crippen MR) is 59.3 cm³/mol. The molecule has 72 valence electrons. The third-order valence-corrected chi connectivity index (χ3v) is 2.61. The van der Waals surface area contributed by atoms with Crippen molar-refractivity contribution in [1.82, 2.24) is 0 Å². The second-order valence-corrected chi connectivity index (χ2v) is 3.70. The Kier molecular flexibility index (Phi) is 2.78. The molecular weight excluding hydrogens is 170 g/mol. The molecule has 0 saturated heterocycles. The normalized spacial score (nSPS) is 24.8. The molecule has 1 nitrogen and oxygen atoms in total. The Morgan fingerprint density at radius 2 is 2.07 bits per heavy atom. The first-order chi connectivity index (χ1) is 6.88. The van der Waals surface area contributed by atoms with Crippen LogP contribution in [-0.2, 0) is 0 Å². The third-order valence-electron chi connectivity index (χ3n) is 2.61. The molecule has 0 aliphatic carbocycles. The van der Waals surface area contributed by atoms with Crippen LogP contribution >= 0.6 is 0 Å². The molecule has 1 aliphatic rings. The molecule has 0 saturated carbocycles. The van der Waals surface area contributed by atoms with Crippen molar-refractivity contribution >= 4 is 5.57 Å². The molecule has 1 aromatic carbocycles. The van der Waals surface area contributed by atoms with Gasteiger partial charge >= 0.3 is 0 Å². The largest absolute Gasteiger partial charge is 0.257 e. The van der Waals surface area contributed by atoms with Crippen molar-refractivity contribution in [2.75, 3.05) is 0 Å². The molecule has 0 N–H and O–H groups in total. The summed E-state index contributed by atoms with van der Waals surface area (Å²) in [6.45, 7) is 2.21. The molecule has 1 heteroatoms. The van der Waals surface area contributed by atoms with Crippen LogP contribution < -0.4 is 10.6 Å². The Labute approximate surface area is 84.5 Å². The van der Waals surface area contributed by atoms with E-state index in [0.717, 1.165) is 11.8 Å². The van der Waals surface area contributed by atoms with Gasteiger partial charge in [0.2, 0.25) is 0 Å². The maximum atomic E-state index is 4.46. The molecule has 0 spiro atoms. The number of fused-ring (bicyclic) bond motifs is 1. The lowest BCUT2D eigenvalue weighted by molar-refractivity contribution is 0.873. The molecule has 0 radical (unpaired) electrons. The van der Waals surface area contributed by atoms with Crippen LogP contribution in [0.3, 0.4) is 0 Å². The topological polar surface area (TPSA) is 12.4 Å². The number of hydrogen-bond acceptors (Lipinski definition) is 1. The minimum absolute atomic E-state index is 1.10. The summed E-state index contributed by atoms with van der Waals surface area (Å²) >= 11 is 0. The molecule has 1 aromatic rings. The van der Waals surface area contributed by atoms with Crippen molar-refractivity contribution in [1.29, 1.82) is 0 Å². The summed E-state index contributed by atoms with van der Waals surface area (Å²) in [4.78, 5) is 4.46. The van der Waals surface area contributed by atoms with E-state index in [0.29, 0.717) is 0 Å². The maximum absolute atomic E-state index is 4.46. The highest BCUT2D eigenvalue weighted by atomic mass is 14.7. The minimum Gasteiger partial charge on any atom is -0.257 e. The van der Waals surface area contributed by atoms with Gasteiger partial charge in [-0.3, -0.25) is 4.99 Å². The van der Waals surface area contributed by atoms with Crippen molar-refractivity contribution in [3.05, 3.63) is 47.1 Å². The first-order valence-corrected chi connectivity index (χ1v) is 5.15. The van der Waals surface area contributed by atoms with E-state index in [1.54, 1.807) is 0 Å². The van der Waals surface area contributed by atoms with E-state index in [1.165, 1.54) is 23.6 Å². The van der Waals surface area contributed by atoms with E-state index < -0.39 is 0 Å². The number of allylic oxidation sites excluding steroid dienone is 1. The van der Waals surface area contributed by atoms with E-state index in [-0.39, 0.29) is 0 Å². The monoisotopic (exact) mass is 185 g/mol. The standard InChI is InChI=1S/C13H15N/c1-11-7-3-2-6-10-14-13-9-5-4-8-12(11)13/h4-6,8-10H,2-3,7H2,1H3/b10-6-,12-11-,14-13-. The van der Waals surface area contributed by atoms with Gasteiger partial charge in [-0.05, 0) is 37.5 Å². The second kappa shape index (κ2) is 4.23. The number of rotatable bonds is 0. The van der Waals surface area contributed by atoms with Crippen LogP contribution in [0.15, 0.2) is 41.5 Å². The fourth-order valence-corrected chi connectivity index (χ4v) is 1.77. The summed E-state index contributed by atoms with van der Waals surface area (Å²) in [7, 11) is 0. The predicted octanol–water partition coefficient (Wildman–Crippen LogP) is 2.17. The third kappa shape index (κ3) is 1.92. The van der Waals surface area contributed by atoms with Gasteiger partial charge in [0, 0.05) is 6.20 Å². The SMILES string of the molecule is C\C1=c2/cccc/c2=N/C=C\CCC1. The Hall–Kier alpha value is -1.37. The maximum Gasteiger partial charge on any atom is 0.0701 e. The Bertz CT molecular complexity index is 454. The fraction of sp³-hybridized carbons (Fsp3) is 0.308. The van der Waals surface area contributed by atoms with Gasteiger partial charge in [0.1, 0.15) is 0 Å². The van der Waals surface area contributed by atoms with Crippen LogP contribution in [-0.4, -0.2) is 0 Å². The summed E-state index contributed by atoms with van der Waals surface area (Å²) in [6.07, 6.45) is 7.62. The summed E-state index contributed by atoms with van der Waals surface area (Å²) in [5.74, 6) is 0. The highest BCUT2D eigenvalue weighted by Crippen LogP contribution is 2.06. The van der Waals surface area contributed by atoms with Crippen LogP contribution in [0, 0.1) is 0 Å². The number of hydrogen-bond donors (Lipinski definition) is 0. The highest BCUT2D eigenvalue weighted by molar-refractivity contribution is 5.41. The lowest BCUT2D eigenvalue weighted by Gasteiger charge is -1.98. The first kappa shape index (κ1) is 9.20. The van der Waals surface area contributed by atoms with Gasteiger partial charge < -0.3 is 0 Å². The van der Waals surface area contributed by atoms with Gasteiger partial charge in [-0.25, -0.2) is 0 Å². The van der Waals surface area contributed by atoms with Crippen LogP contribution in [0.1, 0.15) is 26.2 Å². The zero-order valence-electron chi connectivity index (χ0n) is 8.53. The van der Waals surface area contributed by atoms with Crippen molar-refractivity contribution in [2.45, 2.75) is 26.2 Å². The molecule has 0 bridgehead atoms. The van der Waals surface area contributed by atoms with Crippen molar-refractivity contribution in [3.8, 4) is 0 Å². The van der Waals surface area contributed by atoms with Gasteiger partial charge in [0.05, 0.1) is 5.36 Å². The summed E-state index contributed by atoms with van der Waals surface area (Å²) < 4.78 is 0. The van der Waals surface area contributed by atoms with Gasteiger partial charge in [0.25, 0.3) is 0 Å². The van der Waals surface area contributed by atoms with E-state index in [1.807, 2.05) is 12.3 Å². The summed E-state index contributed by atoms with van der Waals surface area (Å²) in [5.41, 5.74) is 1.45. The lowest BCUT2D eigenvalue weighted by atomic mass is 10.1. The van der Waals surface area contributed by atoms with E-state index in [2.05, 4.69) is 36.2 Å². The zero-order valence-corrected chi connectivity index (χ0v) is 8.53. The smallest absolute Gasteiger partial charge is 0.0701 e. The number of nitrogens with zero attached hydrogens (tertiary/aromatic N) is 1. The molecule has 0 aromatic heterocycles. The van der Waals surface area contributed by atoms with Crippen LogP contribution in [0.5, 0.6) is 0 Å². The molecule has 14 heavy (non-hydrogen) atoms. The van der Waals surface area contributed by atoms with Crippen molar-refractivity contribution in [3.63, 3.8) is 0 Å². The average Bonchev–Trinajstić information content (AvgIpc) is 2.30. The van der Waals surface area contributed by atoms with E-state index >= 15 is 0 Å². The summed E-state index contributed by atoms with van der Waals surface area (Å²) in [6, 6.07) is 8.36. The van der Waals surface area contributed by atoms with Crippen molar-refractivity contribution in [2.24, 2.45) is 4.99 Å². The fourth-order valence-electron chi connectivity index (χ4n) is 1.77. The molecule has 0 unspecified atom stereocenters. The number of para-hydroxylation sites is 1. The Morgan fingerprint density at radius 1 is 1.21 bits per heavy atom. The Morgan fingerprint density at radius 3 is 3.00 bits per heavy atom. The van der Waals surface area contributed by atoms with Crippen LogP contribution in [0.2, 0.25) is 0 Å². The number of benzene rings is 1. The Balaban J connectivity index is 2.71. The molecule has 0 atom stereocenters. The molecule has 2 rings (SSSR count). The van der Waals surface area contributed by atoms with E-state index in [9.17, 15) is 0 Å². The molecule has 0 amide bonds. The van der Waals surface area contributed by atoms with Crippen LogP contribution in [0.25, 0.3) is 5.57 Å². The van der Waals surface area contributed by atoms with Gasteiger partial charge in [-0.15, -0.1) is 0 Å². The van der Waals surface area contributed by atoms with Crippen molar-refractivity contribution < 1.29 is 0 Å². The molecular formula is C13H15N. The quantitative estimate of drug-likeness (QED) is 0.587. The highest BCUT2D eigenvalue weighted by Gasteiger charge is 1.95.